The largest absolute Gasteiger partial charge is 0.465 e. The van der Waals surface area contributed by atoms with Crippen LogP contribution in [0.15, 0.2) is 0 Å². The Balaban J connectivity index is 1.52. The van der Waals surface area contributed by atoms with Crippen LogP contribution in [0.1, 0.15) is 51.9 Å². The van der Waals surface area contributed by atoms with Crippen molar-refractivity contribution in [1.82, 2.24) is 0 Å². The van der Waals surface area contributed by atoms with Gasteiger partial charge in [0.05, 0.1) is 6.61 Å². The molecular weight excluding hydrogens is 188 g/mol. The van der Waals surface area contributed by atoms with E-state index in [1.807, 2.05) is 0 Å². The molecule has 0 bridgehead atoms. The van der Waals surface area contributed by atoms with Gasteiger partial charge >= 0.3 is 5.97 Å². The Morgan fingerprint density at radius 3 is 2.60 bits per heavy atom. The van der Waals surface area contributed by atoms with E-state index in [0.717, 1.165) is 18.3 Å². The molecule has 2 heteroatoms. The maximum Gasteiger partial charge on any atom is 0.305 e. The van der Waals surface area contributed by atoms with Crippen LogP contribution < -0.4 is 0 Å². The molecular formula is C13H22O2. The molecule has 86 valence electrons. The van der Waals surface area contributed by atoms with Gasteiger partial charge in [-0.3, -0.25) is 4.79 Å². The van der Waals surface area contributed by atoms with Crippen LogP contribution in [0.5, 0.6) is 0 Å². The van der Waals surface area contributed by atoms with Gasteiger partial charge in [0.1, 0.15) is 0 Å². The second kappa shape index (κ2) is 5.00. The van der Waals surface area contributed by atoms with Crippen molar-refractivity contribution in [2.24, 2.45) is 17.8 Å². The first-order chi connectivity index (χ1) is 7.25. The minimum Gasteiger partial charge on any atom is -0.465 e. The first kappa shape index (κ1) is 11.0. The number of carbonyl (C=O) groups is 1. The van der Waals surface area contributed by atoms with Crippen LogP contribution >= 0.6 is 0 Å². The second-order valence-corrected chi connectivity index (χ2v) is 5.35. The Hall–Kier alpha value is -0.530. The Morgan fingerprint density at radius 2 is 2.00 bits per heavy atom. The van der Waals surface area contributed by atoms with E-state index < -0.39 is 0 Å². The van der Waals surface area contributed by atoms with Gasteiger partial charge in [0, 0.05) is 6.42 Å². The predicted molar refractivity (Wildman–Crippen MR) is 59.4 cm³/mol. The molecule has 0 N–H and O–H groups in total. The molecule has 2 aliphatic rings. The highest BCUT2D eigenvalue weighted by Crippen LogP contribution is 2.37. The first-order valence-electron chi connectivity index (χ1n) is 6.41. The molecule has 2 aliphatic carbocycles. The summed E-state index contributed by atoms with van der Waals surface area (Å²) in [5, 5.41) is 0. The maximum absolute atomic E-state index is 11.4. The molecule has 0 heterocycles. The zero-order valence-electron chi connectivity index (χ0n) is 9.71. The highest BCUT2D eigenvalue weighted by atomic mass is 16.5. The fourth-order valence-electron chi connectivity index (χ4n) is 2.52. The van der Waals surface area contributed by atoms with Crippen molar-refractivity contribution >= 4 is 5.97 Å². The third-order valence-electron chi connectivity index (χ3n) is 3.97. The first-order valence-corrected chi connectivity index (χ1v) is 6.41. The molecule has 0 amide bonds. The van der Waals surface area contributed by atoms with E-state index in [0.29, 0.717) is 18.9 Å². The lowest BCUT2D eigenvalue weighted by Crippen LogP contribution is -2.09. The van der Waals surface area contributed by atoms with Crippen LogP contribution in [0.2, 0.25) is 0 Å². The van der Waals surface area contributed by atoms with E-state index in [9.17, 15) is 4.79 Å². The summed E-state index contributed by atoms with van der Waals surface area (Å²) < 4.78 is 5.26. The number of hydrogen-bond donors (Lipinski definition) is 0. The SMILES string of the molecule is CC1CC1COC(=O)CCC1CCCC1. The van der Waals surface area contributed by atoms with Gasteiger partial charge in [-0.25, -0.2) is 0 Å². The molecule has 15 heavy (non-hydrogen) atoms. The summed E-state index contributed by atoms with van der Waals surface area (Å²) >= 11 is 0. The Bertz CT molecular complexity index is 219. The van der Waals surface area contributed by atoms with Crippen molar-refractivity contribution in [3.63, 3.8) is 0 Å². The molecule has 0 spiro atoms. The van der Waals surface area contributed by atoms with E-state index in [1.165, 1.54) is 32.1 Å². The molecule has 2 nitrogen and oxygen atoms in total. The molecule has 0 aromatic rings. The van der Waals surface area contributed by atoms with Crippen molar-refractivity contribution in [1.29, 1.82) is 0 Å². The van der Waals surface area contributed by atoms with Gasteiger partial charge in [-0.05, 0) is 30.6 Å². The average molecular weight is 210 g/mol. The standard InChI is InChI=1S/C13H22O2/c1-10-8-12(10)9-15-13(14)7-6-11-4-2-3-5-11/h10-12H,2-9H2,1H3. The van der Waals surface area contributed by atoms with Gasteiger partial charge in [-0.1, -0.05) is 32.6 Å². The van der Waals surface area contributed by atoms with Crippen molar-refractivity contribution in [3.05, 3.63) is 0 Å². The van der Waals surface area contributed by atoms with Crippen LogP contribution in [0.4, 0.5) is 0 Å². The Labute approximate surface area is 92.4 Å². The Morgan fingerprint density at radius 1 is 1.33 bits per heavy atom. The van der Waals surface area contributed by atoms with Gasteiger partial charge in [-0.15, -0.1) is 0 Å². The molecule has 0 aromatic heterocycles. The van der Waals surface area contributed by atoms with Crippen molar-refractivity contribution in [2.45, 2.75) is 51.9 Å². The summed E-state index contributed by atoms with van der Waals surface area (Å²) in [5.74, 6) is 2.28. The normalized spacial score (nSPS) is 30.5. The molecule has 0 saturated heterocycles. The topological polar surface area (TPSA) is 26.3 Å². The summed E-state index contributed by atoms with van der Waals surface area (Å²) in [7, 11) is 0. The maximum atomic E-state index is 11.4. The van der Waals surface area contributed by atoms with Gasteiger partial charge in [0.25, 0.3) is 0 Å². The zero-order chi connectivity index (χ0) is 10.7. The summed E-state index contributed by atoms with van der Waals surface area (Å²) in [6.45, 7) is 2.89. The minimum absolute atomic E-state index is 0.0287. The molecule has 2 rings (SSSR count). The minimum atomic E-state index is 0.0287. The molecule has 0 aromatic carbocycles. The van der Waals surface area contributed by atoms with E-state index in [-0.39, 0.29) is 5.97 Å². The number of carbonyl (C=O) groups excluding carboxylic acids is 1. The van der Waals surface area contributed by atoms with E-state index in [2.05, 4.69) is 6.92 Å². The zero-order valence-corrected chi connectivity index (χ0v) is 9.71. The van der Waals surface area contributed by atoms with Gasteiger partial charge in [0.15, 0.2) is 0 Å². The fraction of sp³-hybridized carbons (Fsp3) is 0.923. The van der Waals surface area contributed by atoms with Crippen LogP contribution in [0.3, 0.4) is 0 Å². The number of ether oxygens (including phenoxy) is 1. The highest BCUT2D eigenvalue weighted by Gasteiger charge is 2.33. The highest BCUT2D eigenvalue weighted by molar-refractivity contribution is 5.69. The third kappa shape index (κ3) is 3.51. The summed E-state index contributed by atoms with van der Waals surface area (Å²) in [6.07, 6.45) is 8.32. The summed E-state index contributed by atoms with van der Waals surface area (Å²) in [4.78, 5) is 11.4. The third-order valence-corrected chi connectivity index (χ3v) is 3.97. The monoisotopic (exact) mass is 210 g/mol. The second-order valence-electron chi connectivity index (χ2n) is 5.35. The fourth-order valence-corrected chi connectivity index (χ4v) is 2.52. The van der Waals surface area contributed by atoms with Gasteiger partial charge in [-0.2, -0.15) is 0 Å². The lowest BCUT2D eigenvalue weighted by Gasteiger charge is -2.08. The van der Waals surface area contributed by atoms with E-state index >= 15 is 0 Å². The predicted octanol–water partition coefficient (Wildman–Crippen LogP) is 3.16. The van der Waals surface area contributed by atoms with Gasteiger partial charge in [0.2, 0.25) is 0 Å². The Kier molecular flexibility index (Phi) is 3.66. The van der Waals surface area contributed by atoms with E-state index in [1.54, 1.807) is 0 Å². The average Bonchev–Trinajstić information content (AvgIpc) is 2.73. The molecule has 2 unspecified atom stereocenters. The lowest BCUT2D eigenvalue weighted by atomic mass is 10.0. The van der Waals surface area contributed by atoms with Crippen molar-refractivity contribution in [2.75, 3.05) is 6.61 Å². The quantitative estimate of drug-likeness (QED) is 0.651. The smallest absolute Gasteiger partial charge is 0.305 e. The van der Waals surface area contributed by atoms with Crippen LogP contribution in [0, 0.1) is 17.8 Å². The van der Waals surface area contributed by atoms with Gasteiger partial charge < -0.3 is 4.74 Å². The molecule has 2 atom stereocenters. The van der Waals surface area contributed by atoms with Crippen LogP contribution in [-0.2, 0) is 9.53 Å². The summed E-state index contributed by atoms with van der Waals surface area (Å²) in [5.41, 5.74) is 0. The molecule has 0 radical (unpaired) electrons. The van der Waals surface area contributed by atoms with Crippen molar-refractivity contribution in [3.8, 4) is 0 Å². The number of rotatable bonds is 5. The lowest BCUT2D eigenvalue weighted by molar-refractivity contribution is -0.144. The molecule has 2 fully saturated rings. The number of hydrogen-bond acceptors (Lipinski definition) is 2. The van der Waals surface area contributed by atoms with Crippen molar-refractivity contribution < 1.29 is 9.53 Å². The summed E-state index contributed by atoms with van der Waals surface area (Å²) in [6, 6.07) is 0. The van der Waals surface area contributed by atoms with Crippen LogP contribution in [-0.4, -0.2) is 12.6 Å². The molecule has 2 saturated carbocycles. The van der Waals surface area contributed by atoms with E-state index in [4.69, 9.17) is 4.74 Å². The number of esters is 1. The van der Waals surface area contributed by atoms with Crippen LogP contribution in [0.25, 0.3) is 0 Å². The molecule has 0 aliphatic heterocycles.